The van der Waals surface area contributed by atoms with Crippen molar-refractivity contribution in [2.75, 3.05) is 39.5 Å². The molecule has 6 heteroatoms. The number of hydrogen-bond acceptors (Lipinski definition) is 6. The zero-order chi connectivity index (χ0) is 25.7. The summed E-state index contributed by atoms with van der Waals surface area (Å²) in [5, 5.41) is 12.1. The third kappa shape index (κ3) is 27.7. The van der Waals surface area contributed by atoms with Crippen LogP contribution in [0.25, 0.3) is 0 Å². The summed E-state index contributed by atoms with van der Waals surface area (Å²) < 4.78 is 17.5. The molecule has 0 fully saturated rings. The average Bonchev–Trinajstić information content (AvgIpc) is 2.86. The van der Waals surface area contributed by atoms with E-state index in [-0.39, 0.29) is 18.9 Å². The van der Waals surface area contributed by atoms with E-state index < -0.39 is 0 Å². The van der Waals surface area contributed by atoms with Crippen molar-refractivity contribution in [1.29, 1.82) is 0 Å². The van der Waals surface area contributed by atoms with Crippen LogP contribution in [-0.2, 0) is 19.0 Å². The van der Waals surface area contributed by atoms with Gasteiger partial charge in [0.15, 0.2) is 6.29 Å². The van der Waals surface area contributed by atoms with Gasteiger partial charge in [0.05, 0.1) is 6.61 Å². The second-order valence-corrected chi connectivity index (χ2v) is 9.71. The normalized spacial score (nSPS) is 11.4. The van der Waals surface area contributed by atoms with E-state index in [0.29, 0.717) is 19.4 Å². The van der Waals surface area contributed by atoms with E-state index >= 15 is 0 Å². The molecule has 0 radical (unpaired) electrons. The number of aliphatic hydroxyl groups excluding tert-OH is 1. The fraction of sp³-hybridized carbons (Fsp3) is 0.966. The van der Waals surface area contributed by atoms with Crippen LogP contribution in [0, 0.1) is 0 Å². The van der Waals surface area contributed by atoms with Gasteiger partial charge in [-0.3, -0.25) is 4.79 Å². The van der Waals surface area contributed by atoms with Crippen molar-refractivity contribution in [2.24, 2.45) is 0 Å². The van der Waals surface area contributed by atoms with E-state index in [9.17, 15) is 4.79 Å². The Kier molecular flexibility index (Phi) is 29.0. The Labute approximate surface area is 217 Å². The molecule has 2 N–H and O–H groups in total. The molecule has 0 aliphatic carbocycles. The van der Waals surface area contributed by atoms with Crippen molar-refractivity contribution >= 4 is 5.97 Å². The van der Waals surface area contributed by atoms with Gasteiger partial charge in [-0.1, -0.05) is 84.5 Å². The number of carbonyl (C=O) groups is 1. The molecule has 0 saturated heterocycles. The minimum atomic E-state index is -0.272. The summed E-state index contributed by atoms with van der Waals surface area (Å²) in [6.07, 6.45) is 20.5. The molecule has 0 aromatic rings. The summed E-state index contributed by atoms with van der Waals surface area (Å²) in [6.45, 7) is 8.46. The SMILES string of the molecule is CCCCCCCCOC(CCOC(=O)CCCCCNCCCCO)OCCCCCCCC. The van der Waals surface area contributed by atoms with Crippen molar-refractivity contribution in [1.82, 2.24) is 5.32 Å². The van der Waals surface area contributed by atoms with Gasteiger partial charge in [0.1, 0.15) is 0 Å². The van der Waals surface area contributed by atoms with Crippen LogP contribution in [0.5, 0.6) is 0 Å². The molecular weight excluding hydrogens is 442 g/mol. The molecule has 6 nitrogen and oxygen atoms in total. The fourth-order valence-electron chi connectivity index (χ4n) is 3.93. The van der Waals surface area contributed by atoms with Gasteiger partial charge in [0.25, 0.3) is 0 Å². The summed E-state index contributed by atoms with van der Waals surface area (Å²) in [5.41, 5.74) is 0. The van der Waals surface area contributed by atoms with Gasteiger partial charge >= 0.3 is 5.97 Å². The van der Waals surface area contributed by atoms with E-state index in [1.807, 2.05) is 0 Å². The minimum absolute atomic E-state index is 0.119. The second kappa shape index (κ2) is 29.5. The number of carbonyl (C=O) groups excluding carboxylic acids is 1. The zero-order valence-electron chi connectivity index (χ0n) is 23.3. The largest absolute Gasteiger partial charge is 0.465 e. The molecule has 0 aliphatic heterocycles. The topological polar surface area (TPSA) is 77.0 Å². The number of rotatable bonds is 29. The van der Waals surface area contributed by atoms with E-state index in [1.165, 1.54) is 64.2 Å². The van der Waals surface area contributed by atoms with E-state index in [4.69, 9.17) is 19.3 Å². The Bertz CT molecular complexity index is 404. The Hall–Kier alpha value is -0.690. The maximum atomic E-state index is 12.1. The summed E-state index contributed by atoms with van der Waals surface area (Å²) in [5.74, 6) is -0.119. The number of unbranched alkanes of at least 4 members (excludes halogenated alkanes) is 13. The number of hydrogen-bond donors (Lipinski definition) is 2. The van der Waals surface area contributed by atoms with Gasteiger partial charge in [-0.2, -0.15) is 0 Å². The summed E-state index contributed by atoms with van der Waals surface area (Å²) >= 11 is 0. The zero-order valence-corrected chi connectivity index (χ0v) is 23.3. The molecule has 35 heavy (non-hydrogen) atoms. The van der Waals surface area contributed by atoms with Crippen LogP contribution in [0.3, 0.4) is 0 Å². The monoisotopic (exact) mass is 501 g/mol. The summed E-state index contributed by atoms with van der Waals surface area (Å²) in [7, 11) is 0. The number of ether oxygens (including phenoxy) is 3. The molecule has 0 saturated carbocycles. The Morgan fingerprint density at radius 1 is 0.657 bits per heavy atom. The van der Waals surface area contributed by atoms with Crippen LogP contribution < -0.4 is 5.32 Å². The van der Waals surface area contributed by atoms with Crippen molar-refractivity contribution in [2.45, 2.75) is 142 Å². The number of esters is 1. The Balaban J connectivity index is 3.92. The molecule has 0 aromatic carbocycles. The highest BCUT2D eigenvalue weighted by molar-refractivity contribution is 5.69. The highest BCUT2D eigenvalue weighted by Gasteiger charge is 2.11. The number of nitrogens with one attached hydrogen (secondary N) is 1. The summed E-state index contributed by atoms with van der Waals surface area (Å²) in [6, 6.07) is 0. The first-order valence-corrected chi connectivity index (χ1v) is 14.9. The lowest BCUT2D eigenvalue weighted by Crippen LogP contribution is -2.22. The Morgan fingerprint density at radius 2 is 1.17 bits per heavy atom. The molecule has 0 atom stereocenters. The predicted octanol–water partition coefficient (Wildman–Crippen LogP) is 6.92. The third-order valence-corrected chi connectivity index (χ3v) is 6.22. The smallest absolute Gasteiger partial charge is 0.305 e. The highest BCUT2D eigenvalue weighted by atomic mass is 16.7. The van der Waals surface area contributed by atoms with E-state index in [1.54, 1.807) is 0 Å². The fourth-order valence-corrected chi connectivity index (χ4v) is 3.93. The second-order valence-electron chi connectivity index (χ2n) is 9.71. The molecule has 0 amide bonds. The number of aliphatic hydroxyl groups is 1. The van der Waals surface area contributed by atoms with Gasteiger partial charge in [-0.15, -0.1) is 0 Å². The third-order valence-electron chi connectivity index (χ3n) is 6.22. The lowest BCUT2D eigenvalue weighted by atomic mass is 10.1. The first kappa shape index (κ1) is 34.3. The van der Waals surface area contributed by atoms with Crippen LogP contribution in [0.15, 0.2) is 0 Å². The van der Waals surface area contributed by atoms with Gasteiger partial charge in [0.2, 0.25) is 0 Å². The van der Waals surface area contributed by atoms with E-state index in [0.717, 1.165) is 71.2 Å². The van der Waals surface area contributed by atoms with Crippen LogP contribution in [-0.4, -0.2) is 56.9 Å². The Morgan fingerprint density at radius 3 is 1.74 bits per heavy atom. The average molecular weight is 502 g/mol. The maximum Gasteiger partial charge on any atom is 0.305 e. The van der Waals surface area contributed by atoms with E-state index in [2.05, 4.69) is 19.2 Å². The maximum absolute atomic E-state index is 12.1. The van der Waals surface area contributed by atoms with Crippen molar-refractivity contribution in [3.8, 4) is 0 Å². The predicted molar refractivity (Wildman–Crippen MR) is 146 cm³/mol. The lowest BCUT2D eigenvalue weighted by Gasteiger charge is -2.19. The van der Waals surface area contributed by atoms with Crippen molar-refractivity contribution < 1.29 is 24.1 Å². The van der Waals surface area contributed by atoms with Crippen LogP contribution in [0.1, 0.15) is 136 Å². The van der Waals surface area contributed by atoms with Gasteiger partial charge in [-0.25, -0.2) is 0 Å². The quantitative estimate of drug-likeness (QED) is 0.0658. The highest BCUT2D eigenvalue weighted by Crippen LogP contribution is 2.11. The standard InChI is InChI=1S/C29H59NO5/c1-3-5-7-9-11-18-25-34-29(35-26-19-12-10-8-6-4-2)21-27-33-28(32)20-14-13-15-22-30-23-16-17-24-31/h29-31H,3-27H2,1-2H3. The van der Waals surface area contributed by atoms with Crippen LogP contribution in [0.2, 0.25) is 0 Å². The molecular formula is C29H59NO5. The molecule has 0 aromatic heterocycles. The van der Waals surface area contributed by atoms with Crippen molar-refractivity contribution in [3.63, 3.8) is 0 Å². The van der Waals surface area contributed by atoms with Crippen LogP contribution >= 0.6 is 0 Å². The molecule has 0 heterocycles. The minimum Gasteiger partial charge on any atom is -0.465 e. The molecule has 0 rings (SSSR count). The molecule has 210 valence electrons. The summed E-state index contributed by atoms with van der Waals surface area (Å²) in [4.78, 5) is 12.1. The molecule has 0 aliphatic rings. The first-order chi connectivity index (χ1) is 17.2. The van der Waals surface area contributed by atoms with Crippen LogP contribution in [0.4, 0.5) is 0 Å². The lowest BCUT2D eigenvalue weighted by molar-refractivity contribution is -0.161. The first-order valence-electron chi connectivity index (χ1n) is 14.9. The molecule has 0 unspecified atom stereocenters. The van der Waals surface area contributed by atoms with Crippen molar-refractivity contribution in [3.05, 3.63) is 0 Å². The van der Waals surface area contributed by atoms with Gasteiger partial charge < -0.3 is 24.6 Å². The van der Waals surface area contributed by atoms with Gasteiger partial charge in [-0.05, 0) is 51.6 Å². The van der Waals surface area contributed by atoms with Gasteiger partial charge in [0, 0.05) is 32.7 Å². The molecule has 0 spiro atoms. The molecule has 0 bridgehead atoms.